The number of hydrogen-bond donors (Lipinski definition) is 1. The van der Waals surface area contributed by atoms with Crippen LogP contribution in [0.4, 0.5) is 5.69 Å². The van der Waals surface area contributed by atoms with Crippen molar-refractivity contribution in [2.45, 2.75) is 26.2 Å². The molecule has 0 saturated carbocycles. The van der Waals surface area contributed by atoms with Gasteiger partial charge in [0.25, 0.3) is 0 Å². The van der Waals surface area contributed by atoms with Crippen molar-refractivity contribution in [1.82, 2.24) is 4.90 Å². The molecule has 1 fully saturated rings. The minimum atomic E-state index is 1.03. The third-order valence-electron chi connectivity index (χ3n) is 3.87. The first-order valence-corrected chi connectivity index (χ1v) is 8.07. The fraction of sp³-hybridized carbons (Fsp3) is 0.625. The highest BCUT2D eigenvalue weighted by molar-refractivity contribution is 7.80. The Bertz CT molecular complexity index is 373. The molecule has 0 aromatic heterocycles. The van der Waals surface area contributed by atoms with Gasteiger partial charge in [-0.25, -0.2) is 0 Å². The summed E-state index contributed by atoms with van der Waals surface area (Å²) in [4.78, 5) is 5.11. The molecule has 0 bridgehead atoms. The Morgan fingerprint density at radius 2 is 1.84 bits per heavy atom. The topological polar surface area (TPSA) is 6.48 Å². The second-order valence-electron chi connectivity index (χ2n) is 5.45. The molecule has 0 radical (unpaired) electrons. The lowest BCUT2D eigenvalue weighted by Gasteiger charge is -2.36. The number of nitrogens with zero attached hydrogens (tertiary/aromatic N) is 2. The van der Waals surface area contributed by atoms with Gasteiger partial charge in [-0.05, 0) is 49.8 Å². The number of thiol groups is 1. The third kappa shape index (κ3) is 4.73. The number of piperazine rings is 1. The van der Waals surface area contributed by atoms with Crippen LogP contribution in [0.2, 0.25) is 0 Å². The molecule has 0 atom stereocenters. The van der Waals surface area contributed by atoms with Crippen molar-refractivity contribution in [2.75, 3.05) is 43.4 Å². The quantitative estimate of drug-likeness (QED) is 0.630. The van der Waals surface area contributed by atoms with E-state index in [1.54, 1.807) is 0 Å². The lowest BCUT2D eigenvalue weighted by Crippen LogP contribution is -2.46. The molecular formula is C16H26N2S. The molecule has 1 aliphatic heterocycles. The zero-order valence-electron chi connectivity index (χ0n) is 12.0. The first-order chi connectivity index (χ1) is 9.29. The number of anilines is 1. The first-order valence-electron chi connectivity index (χ1n) is 7.44. The third-order valence-corrected chi connectivity index (χ3v) is 4.19. The van der Waals surface area contributed by atoms with Crippen LogP contribution in [-0.4, -0.2) is 43.4 Å². The van der Waals surface area contributed by atoms with Gasteiger partial charge in [-0.15, -0.1) is 0 Å². The van der Waals surface area contributed by atoms with E-state index in [0.717, 1.165) is 18.8 Å². The largest absolute Gasteiger partial charge is 0.369 e. The SMILES string of the molecule is Cc1cccc(N2CCN(CCCCCS)CC2)c1. The Morgan fingerprint density at radius 1 is 1.05 bits per heavy atom. The summed E-state index contributed by atoms with van der Waals surface area (Å²) in [5.74, 6) is 1.03. The Hall–Kier alpha value is -0.670. The van der Waals surface area contributed by atoms with E-state index in [2.05, 4.69) is 53.6 Å². The molecule has 3 heteroatoms. The minimum absolute atomic E-state index is 1.03. The molecule has 0 amide bonds. The van der Waals surface area contributed by atoms with Gasteiger partial charge in [-0.1, -0.05) is 18.6 Å². The molecule has 1 aliphatic rings. The molecule has 1 saturated heterocycles. The van der Waals surface area contributed by atoms with Crippen molar-refractivity contribution >= 4 is 18.3 Å². The maximum absolute atomic E-state index is 4.26. The number of hydrogen-bond acceptors (Lipinski definition) is 3. The molecule has 19 heavy (non-hydrogen) atoms. The molecule has 0 aliphatic carbocycles. The maximum atomic E-state index is 4.26. The van der Waals surface area contributed by atoms with Gasteiger partial charge in [-0.2, -0.15) is 12.6 Å². The number of aryl methyl sites for hydroxylation is 1. The van der Waals surface area contributed by atoms with Gasteiger partial charge in [0.15, 0.2) is 0 Å². The normalized spacial score (nSPS) is 16.8. The van der Waals surface area contributed by atoms with Gasteiger partial charge in [-0.3, -0.25) is 4.90 Å². The molecule has 106 valence electrons. The summed E-state index contributed by atoms with van der Waals surface area (Å²) in [5.41, 5.74) is 2.74. The predicted molar refractivity (Wildman–Crippen MR) is 87.5 cm³/mol. The molecule has 1 heterocycles. The highest BCUT2D eigenvalue weighted by atomic mass is 32.1. The van der Waals surface area contributed by atoms with Crippen molar-refractivity contribution in [3.63, 3.8) is 0 Å². The van der Waals surface area contributed by atoms with Crippen LogP contribution in [0.25, 0.3) is 0 Å². The standard InChI is InChI=1S/C16H26N2S/c1-15-6-5-7-16(14-15)18-11-9-17(10-12-18)8-3-2-4-13-19/h5-7,14,19H,2-4,8-13H2,1H3. The zero-order valence-corrected chi connectivity index (χ0v) is 12.9. The van der Waals surface area contributed by atoms with Crippen LogP contribution in [0.1, 0.15) is 24.8 Å². The predicted octanol–water partition coefficient (Wildman–Crippen LogP) is 3.22. The van der Waals surface area contributed by atoms with Gasteiger partial charge in [0, 0.05) is 31.9 Å². The van der Waals surface area contributed by atoms with Crippen molar-refractivity contribution < 1.29 is 0 Å². The van der Waals surface area contributed by atoms with E-state index in [1.807, 2.05) is 0 Å². The monoisotopic (exact) mass is 278 g/mol. The van der Waals surface area contributed by atoms with Crippen LogP contribution >= 0.6 is 12.6 Å². The summed E-state index contributed by atoms with van der Waals surface area (Å²) in [5, 5.41) is 0. The van der Waals surface area contributed by atoms with Gasteiger partial charge >= 0.3 is 0 Å². The van der Waals surface area contributed by atoms with Crippen LogP contribution < -0.4 is 4.90 Å². The average Bonchev–Trinajstić information content (AvgIpc) is 2.44. The van der Waals surface area contributed by atoms with E-state index in [4.69, 9.17) is 0 Å². The maximum Gasteiger partial charge on any atom is 0.0369 e. The second kappa shape index (κ2) is 7.81. The van der Waals surface area contributed by atoms with Gasteiger partial charge in [0.2, 0.25) is 0 Å². The van der Waals surface area contributed by atoms with Crippen molar-refractivity contribution in [3.05, 3.63) is 29.8 Å². The lowest BCUT2D eigenvalue weighted by molar-refractivity contribution is 0.253. The fourth-order valence-electron chi connectivity index (χ4n) is 2.68. The second-order valence-corrected chi connectivity index (χ2v) is 5.90. The van der Waals surface area contributed by atoms with E-state index in [0.29, 0.717) is 0 Å². The van der Waals surface area contributed by atoms with Crippen LogP contribution in [0.3, 0.4) is 0 Å². The highest BCUT2D eigenvalue weighted by Gasteiger charge is 2.16. The molecular weight excluding hydrogens is 252 g/mol. The Morgan fingerprint density at radius 3 is 2.53 bits per heavy atom. The van der Waals surface area contributed by atoms with Gasteiger partial charge in [0.05, 0.1) is 0 Å². The van der Waals surface area contributed by atoms with E-state index in [-0.39, 0.29) is 0 Å². The Balaban J connectivity index is 1.73. The van der Waals surface area contributed by atoms with Crippen molar-refractivity contribution in [2.24, 2.45) is 0 Å². The number of benzene rings is 1. The van der Waals surface area contributed by atoms with E-state index < -0.39 is 0 Å². The Labute approximate surface area is 123 Å². The smallest absolute Gasteiger partial charge is 0.0369 e. The number of unbranched alkanes of at least 4 members (excludes halogenated alkanes) is 2. The molecule has 1 aromatic carbocycles. The number of rotatable bonds is 6. The first kappa shape index (κ1) is 14.7. The molecule has 0 spiro atoms. The summed E-state index contributed by atoms with van der Waals surface area (Å²) in [6.07, 6.45) is 3.90. The van der Waals surface area contributed by atoms with Gasteiger partial charge in [0.1, 0.15) is 0 Å². The summed E-state index contributed by atoms with van der Waals surface area (Å²) < 4.78 is 0. The van der Waals surface area contributed by atoms with E-state index in [9.17, 15) is 0 Å². The average molecular weight is 278 g/mol. The van der Waals surface area contributed by atoms with E-state index in [1.165, 1.54) is 50.1 Å². The summed E-state index contributed by atoms with van der Waals surface area (Å²) >= 11 is 4.26. The molecule has 2 rings (SSSR count). The van der Waals surface area contributed by atoms with Crippen LogP contribution in [0.15, 0.2) is 24.3 Å². The Kier molecular flexibility index (Phi) is 6.05. The van der Waals surface area contributed by atoms with Crippen LogP contribution in [-0.2, 0) is 0 Å². The minimum Gasteiger partial charge on any atom is -0.369 e. The summed E-state index contributed by atoms with van der Waals surface area (Å²) in [6, 6.07) is 8.85. The van der Waals surface area contributed by atoms with E-state index >= 15 is 0 Å². The van der Waals surface area contributed by atoms with Crippen molar-refractivity contribution in [3.8, 4) is 0 Å². The van der Waals surface area contributed by atoms with Crippen LogP contribution in [0.5, 0.6) is 0 Å². The van der Waals surface area contributed by atoms with Crippen molar-refractivity contribution in [1.29, 1.82) is 0 Å². The molecule has 1 aromatic rings. The van der Waals surface area contributed by atoms with Crippen LogP contribution in [0, 0.1) is 6.92 Å². The summed E-state index contributed by atoms with van der Waals surface area (Å²) in [7, 11) is 0. The fourth-order valence-corrected chi connectivity index (χ4v) is 2.90. The lowest BCUT2D eigenvalue weighted by atomic mass is 10.2. The molecule has 0 unspecified atom stereocenters. The molecule has 2 nitrogen and oxygen atoms in total. The summed E-state index contributed by atoms with van der Waals surface area (Å²) in [6.45, 7) is 8.16. The highest BCUT2D eigenvalue weighted by Crippen LogP contribution is 2.17. The van der Waals surface area contributed by atoms with Gasteiger partial charge < -0.3 is 4.90 Å². The zero-order chi connectivity index (χ0) is 13.5. The molecule has 0 N–H and O–H groups in total.